The summed E-state index contributed by atoms with van der Waals surface area (Å²) in [4.78, 5) is 0. The van der Waals surface area contributed by atoms with Crippen LogP contribution in [0.5, 0.6) is 0 Å². The van der Waals surface area contributed by atoms with E-state index in [-0.39, 0.29) is 14.9 Å². The first kappa shape index (κ1) is 23.2. The van der Waals surface area contributed by atoms with Gasteiger partial charge in [-0.1, -0.05) is 0 Å². The molecule has 10 heavy (non-hydrogen) atoms. The van der Waals surface area contributed by atoms with Crippen LogP contribution in [0.2, 0.25) is 0 Å². The van der Waals surface area contributed by atoms with E-state index in [0.29, 0.717) is 0 Å². The van der Waals surface area contributed by atoms with E-state index in [9.17, 15) is 0 Å². The predicted octanol–water partition coefficient (Wildman–Crippen LogP) is 5.03. The van der Waals surface area contributed by atoms with Crippen LogP contribution in [0.4, 0.5) is 0 Å². The first-order valence-electron chi connectivity index (χ1n) is 0.926. The van der Waals surface area contributed by atoms with Crippen molar-refractivity contribution >= 4 is 56.5 Å². The molecule has 0 aromatic carbocycles. The zero-order chi connectivity index (χ0) is 7.15. The van der Waals surface area contributed by atoms with Crippen molar-refractivity contribution < 1.29 is 28.4 Å². The Kier molecular flexibility index (Phi) is 41.7. The number of hydrogen-bond donors (Lipinski definition) is 0. The van der Waals surface area contributed by atoms with Crippen molar-refractivity contribution in [3.8, 4) is 0 Å². The molecule has 0 unspecified atom stereocenters. The Morgan fingerprint density at radius 3 is 0.500 bits per heavy atom. The van der Waals surface area contributed by atoms with E-state index >= 15 is 0 Å². The summed E-state index contributed by atoms with van der Waals surface area (Å²) in [5.41, 5.74) is 0. The zero-order valence-corrected chi connectivity index (χ0v) is 13.6. The van der Waals surface area contributed by atoms with Gasteiger partial charge < -0.3 is 14.9 Å². The summed E-state index contributed by atoms with van der Waals surface area (Å²) in [7, 11) is 29.9. The van der Waals surface area contributed by atoms with Crippen molar-refractivity contribution in [2.24, 2.45) is 0 Å². The molecule has 0 saturated heterocycles. The molecule has 0 atom stereocenters. The third-order valence-electron chi connectivity index (χ3n) is 0. The van der Waals surface area contributed by atoms with Gasteiger partial charge in [0.15, 0.2) is 0 Å². The van der Waals surface area contributed by atoms with Gasteiger partial charge in [0.1, 0.15) is 0 Å². The average molecular weight is 435 g/mol. The van der Waals surface area contributed by atoms with Gasteiger partial charge in [-0.05, 0) is 0 Å². The fourth-order valence-electron chi connectivity index (χ4n) is 0. The van der Waals surface area contributed by atoms with Gasteiger partial charge in [0.25, 0.3) is 0 Å². The van der Waals surface area contributed by atoms with Gasteiger partial charge in [-0.25, -0.2) is 0 Å². The van der Waals surface area contributed by atoms with Crippen molar-refractivity contribution in [2.45, 2.75) is 0 Å². The number of halogens is 6. The van der Waals surface area contributed by atoms with E-state index in [2.05, 4.69) is 0 Å². The van der Waals surface area contributed by atoms with E-state index in [0.717, 1.165) is 0 Å². The molecule has 70 valence electrons. The van der Waals surface area contributed by atoms with Crippen LogP contribution in [0.25, 0.3) is 0 Å². The third kappa shape index (κ3) is 117. The molecule has 0 aliphatic carbocycles. The topological polar surface area (TPSA) is 0 Å². The van der Waals surface area contributed by atoms with E-state index in [1.54, 1.807) is 0 Å². The molecule has 8 heteroatoms. The van der Waals surface area contributed by atoms with Crippen molar-refractivity contribution in [1.29, 1.82) is 0 Å². The molecule has 0 aromatic heterocycles. The summed E-state index contributed by atoms with van der Waals surface area (Å²) in [5.74, 6) is 0. The van der Waals surface area contributed by atoms with Gasteiger partial charge in [0.2, 0.25) is 0 Å². The molecule has 0 amide bonds. The van der Waals surface area contributed by atoms with Gasteiger partial charge in [-0.3, -0.25) is 0 Å². The molecule has 0 radical (unpaired) electrons. The molecular formula is C2H6Cl6Mo2-2. The molecule has 0 aromatic rings. The fourth-order valence-corrected chi connectivity index (χ4v) is 0. The monoisotopic (exact) mass is 436 g/mol. The van der Waals surface area contributed by atoms with Crippen LogP contribution in [0.3, 0.4) is 0 Å². The normalized spacial score (nSPS) is 7.20. The van der Waals surface area contributed by atoms with Crippen LogP contribution in [-0.4, -0.2) is 0 Å². The molecule has 0 aliphatic heterocycles. The maximum absolute atomic E-state index is 4.98. The Hall–Kier alpha value is 3.12. The standard InChI is InChI=1S/2CH3.6ClH.2Mo/h2*1H3;6*1H;;/q2*-1;;;;;;;2*+3/p-6. The molecule has 0 aliphatic rings. The number of hydrogen-bond acceptors (Lipinski definition) is 0. The van der Waals surface area contributed by atoms with Gasteiger partial charge >= 0.3 is 84.9 Å². The summed E-state index contributed by atoms with van der Waals surface area (Å²) < 4.78 is 0. The van der Waals surface area contributed by atoms with Crippen LogP contribution in [0.1, 0.15) is 0 Å². The minimum absolute atomic E-state index is 0. The first-order valence-corrected chi connectivity index (χ1v) is 16.4. The Bertz CT molecular complexity index is 29.2. The summed E-state index contributed by atoms with van der Waals surface area (Å²) in [6, 6.07) is 0. The third-order valence-corrected chi connectivity index (χ3v) is 0. The molecule has 0 rings (SSSR count). The molecule has 0 saturated carbocycles. The molecule has 0 spiro atoms. The second-order valence-corrected chi connectivity index (χ2v) is 18.6. The first-order chi connectivity index (χ1) is 3.46. The van der Waals surface area contributed by atoms with Crippen LogP contribution >= 0.6 is 56.5 Å². The molecular weight excluding hydrogens is 429 g/mol. The Morgan fingerprint density at radius 1 is 0.500 bits per heavy atom. The van der Waals surface area contributed by atoms with E-state index in [4.69, 9.17) is 56.5 Å². The zero-order valence-electron chi connectivity index (χ0n) is 5.08. The van der Waals surface area contributed by atoms with E-state index in [1.807, 2.05) is 0 Å². The molecule has 0 fully saturated rings. The molecule has 0 heterocycles. The predicted molar refractivity (Wildman–Crippen MR) is 47.9 cm³/mol. The quantitative estimate of drug-likeness (QED) is 0.370. The molecule has 0 N–H and O–H groups in total. The minimum atomic E-state index is -1.94. The van der Waals surface area contributed by atoms with E-state index < -0.39 is 28.4 Å². The molecule has 0 nitrogen and oxygen atoms in total. The van der Waals surface area contributed by atoms with Crippen molar-refractivity contribution in [2.75, 3.05) is 0 Å². The summed E-state index contributed by atoms with van der Waals surface area (Å²) >= 11 is -3.88. The maximum atomic E-state index is 4.98. The van der Waals surface area contributed by atoms with Crippen LogP contribution in [-0.2, 0) is 28.4 Å². The van der Waals surface area contributed by atoms with Crippen molar-refractivity contribution in [3.63, 3.8) is 0 Å². The molecule has 0 bridgehead atoms. The SMILES string of the molecule is [CH3-].[CH3-].[Cl][Mo]([Cl])[Cl].[Cl][Mo]([Cl])[Cl]. The van der Waals surface area contributed by atoms with Gasteiger partial charge in [0.05, 0.1) is 0 Å². The Labute approximate surface area is 98.1 Å². The second-order valence-electron chi connectivity index (χ2n) is 0.350. The van der Waals surface area contributed by atoms with Crippen LogP contribution in [0, 0.1) is 14.9 Å². The van der Waals surface area contributed by atoms with Gasteiger partial charge in [-0.2, -0.15) is 0 Å². The second kappa shape index (κ2) is 18.0. The van der Waals surface area contributed by atoms with Crippen molar-refractivity contribution in [1.82, 2.24) is 0 Å². The van der Waals surface area contributed by atoms with Crippen molar-refractivity contribution in [3.05, 3.63) is 14.9 Å². The van der Waals surface area contributed by atoms with Gasteiger partial charge in [0, 0.05) is 0 Å². The van der Waals surface area contributed by atoms with E-state index in [1.165, 1.54) is 0 Å². The van der Waals surface area contributed by atoms with Crippen LogP contribution in [0.15, 0.2) is 0 Å². The summed E-state index contributed by atoms with van der Waals surface area (Å²) in [5, 5.41) is 0. The van der Waals surface area contributed by atoms with Gasteiger partial charge in [-0.15, -0.1) is 0 Å². The Morgan fingerprint density at radius 2 is 0.500 bits per heavy atom. The summed E-state index contributed by atoms with van der Waals surface area (Å²) in [6.07, 6.45) is 0. The van der Waals surface area contributed by atoms with Crippen LogP contribution < -0.4 is 0 Å². The fraction of sp³-hybridized carbons (Fsp3) is 0. The summed E-state index contributed by atoms with van der Waals surface area (Å²) in [6.45, 7) is 0. The average Bonchev–Trinajstić information content (AvgIpc) is 1.25. The Balaban J connectivity index is -0.0000000300. The number of rotatable bonds is 0.